The number of benzene rings is 4. The van der Waals surface area contributed by atoms with Crippen LogP contribution in [0, 0.1) is 12.7 Å². The number of hydrogen-bond donors (Lipinski definition) is 2. The van der Waals surface area contributed by atoms with Crippen molar-refractivity contribution in [2.45, 2.75) is 32.5 Å². The van der Waals surface area contributed by atoms with Gasteiger partial charge in [-0.1, -0.05) is 59.6 Å². The van der Waals surface area contributed by atoms with E-state index in [0.717, 1.165) is 29.3 Å². The number of carbonyl (C=O) groups excluding carboxylic acids is 1. The molecular formula is C32H27ClF4N2O3. The quantitative estimate of drug-likeness (QED) is 0.180. The van der Waals surface area contributed by atoms with E-state index in [2.05, 4.69) is 5.32 Å². The van der Waals surface area contributed by atoms with E-state index in [1.807, 2.05) is 19.1 Å². The standard InChI is InChI=1S/C32H27ClF4N2O3/c1-20-5-7-21(8-6-20)16-30(40)38-28-17-23(27-18-25(34)10-11-26(27)31(41)42)9-12-29(28)39(14-13-32(35,36)37)19-22-3-2-4-24(33)15-22/h2-12,15,17-18H,13-14,16,19H2,1H3,(H,38,40)(H,41,42). The smallest absolute Gasteiger partial charge is 0.390 e. The third kappa shape index (κ3) is 8.33. The SMILES string of the molecule is Cc1ccc(CC(=O)Nc2cc(-c3cc(F)ccc3C(=O)O)ccc2N(CCC(F)(F)F)Cc2cccc(Cl)c2)cc1. The summed E-state index contributed by atoms with van der Waals surface area (Å²) < 4.78 is 54.2. The number of aryl methyl sites for hydroxylation is 1. The van der Waals surface area contributed by atoms with Gasteiger partial charge in [0.05, 0.1) is 29.8 Å². The van der Waals surface area contributed by atoms with E-state index in [1.165, 1.54) is 23.1 Å². The van der Waals surface area contributed by atoms with Crippen LogP contribution in [0.3, 0.4) is 0 Å². The molecule has 0 aliphatic carbocycles. The van der Waals surface area contributed by atoms with Crippen LogP contribution in [0.5, 0.6) is 0 Å². The molecule has 0 unspecified atom stereocenters. The van der Waals surface area contributed by atoms with E-state index in [4.69, 9.17) is 11.6 Å². The lowest BCUT2D eigenvalue weighted by atomic mass is 9.98. The minimum absolute atomic E-state index is 0.0128. The third-order valence-corrected chi connectivity index (χ3v) is 6.78. The summed E-state index contributed by atoms with van der Waals surface area (Å²) in [6.07, 6.45) is -5.58. The summed E-state index contributed by atoms with van der Waals surface area (Å²) in [5, 5.41) is 12.9. The predicted octanol–water partition coefficient (Wildman–Crippen LogP) is 8.29. The number of anilines is 2. The van der Waals surface area contributed by atoms with Crippen molar-refractivity contribution in [3.8, 4) is 11.1 Å². The van der Waals surface area contributed by atoms with Gasteiger partial charge >= 0.3 is 12.1 Å². The first kappa shape index (κ1) is 30.6. The second kappa shape index (κ2) is 13.1. The number of nitrogens with zero attached hydrogens (tertiary/aromatic N) is 1. The second-order valence-electron chi connectivity index (χ2n) is 9.85. The Kier molecular flexibility index (Phi) is 9.52. The van der Waals surface area contributed by atoms with Crippen molar-refractivity contribution in [1.82, 2.24) is 0 Å². The number of carboxylic acids is 1. The fraction of sp³-hybridized carbons (Fsp3) is 0.188. The second-order valence-corrected chi connectivity index (χ2v) is 10.3. The number of carboxylic acid groups (broad SMARTS) is 1. The van der Waals surface area contributed by atoms with Crippen LogP contribution >= 0.6 is 11.6 Å². The van der Waals surface area contributed by atoms with Gasteiger partial charge < -0.3 is 15.3 Å². The maximum Gasteiger partial charge on any atom is 0.390 e. The summed E-state index contributed by atoms with van der Waals surface area (Å²) in [7, 11) is 0. The molecule has 10 heteroatoms. The highest BCUT2D eigenvalue weighted by Gasteiger charge is 2.29. The summed E-state index contributed by atoms with van der Waals surface area (Å²) in [6, 6.07) is 21.7. The Morgan fingerprint density at radius 1 is 0.929 bits per heavy atom. The normalized spacial score (nSPS) is 11.3. The van der Waals surface area contributed by atoms with Gasteiger partial charge in [-0.3, -0.25) is 4.79 Å². The van der Waals surface area contributed by atoms with Crippen molar-refractivity contribution in [3.63, 3.8) is 0 Å². The molecule has 0 fully saturated rings. The van der Waals surface area contributed by atoms with Crippen molar-refractivity contribution in [2.24, 2.45) is 0 Å². The van der Waals surface area contributed by atoms with Crippen molar-refractivity contribution in [2.75, 3.05) is 16.8 Å². The summed E-state index contributed by atoms with van der Waals surface area (Å²) >= 11 is 6.12. The molecule has 0 heterocycles. The van der Waals surface area contributed by atoms with E-state index < -0.39 is 36.8 Å². The maximum atomic E-state index is 14.2. The topological polar surface area (TPSA) is 69.6 Å². The monoisotopic (exact) mass is 598 g/mol. The Labute approximate surface area is 245 Å². The molecule has 42 heavy (non-hydrogen) atoms. The molecule has 2 N–H and O–H groups in total. The molecule has 0 radical (unpaired) electrons. The minimum atomic E-state index is -4.45. The van der Waals surface area contributed by atoms with E-state index in [1.54, 1.807) is 36.4 Å². The van der Waals surface area contributed by atoms with E-state index in [-0.39, 0.29) is 41.0 Å². The number of carbonyl (C=O) groups is 2. The first-order chi connectivity index (χ1) is 19.9. The predicted molar refractivity (Wildman–Crippen MR) is 155 cm³/mol. The van der Waals surface area contributed by atoms with Gasteiger partial charge in [0.15, 0.2) is 0 Å². The van der Waals surface area contributed by atoms with Crippen LogP contribution in [0.25, 0.3) is 11.1 Å². The number of hydrogen-bond acceptors (Lipinski definition) is 3. The molecule has 0 aliphatic heterocycles. The Bertz CT molecular complexity index is 1590. The number of amides is 1. The van der Waals surface area contributed by atoms with Gasteiger partial charge in [0, 0.05) is 18.1 Å². The molecule has 0 saturated heterocycles. The maximum absolute atomic E-state index is 14.2. The summed E-state index contributed by atoms with van der Waals surface area (Å²) in [5.41, 5.74) is 2.95. The number of halogens is 5. The Morgan fingerprint density at radius 3 is 2.33 bits per heavy atom. The van der Waals surface area contributed by atoms with E-state index in [0.29, 0.717) is 10.6 Å². The number of nitrogens with one attached hydrogen (secondary N) is 1. The zero-order chi connectivity index (χ0) is 30.4. The van der Waals surface area contributed by atoms with Crippen LogP contribution in [0.2, 0.25) is 5.02 Å². The van der Waals surface area contributed by atoms with Gasteiger partial charge in [-0.2, -0.15) is 13.2 Å². The molecule has 0 aromatic heterocycles. The van der Waals surface area contributed by atoms with Gasteiger partial charge in [0.1, 0.15) is 5.82 Å². The summed E-state index contributed by atoms with van der Waals surface area (Å²) in [4.78, 5) is 26.5. The summed E-state index contributed by atoms with van der Waals surface area (Å²) in [5.74, 6) is -2.39. The fourth-order valence-electron chi connectivity index (χ4n) is 4.51. The molecule has 0 saturated carbocycles. The van der Waals surface area contributed by atoms with Crippen LogP contribution in [0.1, 0.15) is 33.5 Å². The van der Waals surface area contributed by atoms with Gasteiger partial charge in [-0.15, -0.1) is 0 Å². The Balaban J connectivity index is 1.79. The van der Waals surface area contributed by atoms with Crippen LogP contribution in [-0.2, 0) is 17.8 Å². The number of alkyl halides is 3. The first-order valence-electron chi connectivity index (χ1n) is 13.0. The average molecular weight is 599 g/mol. The van der Waals surface area contributed by atoms with E-state index >= 15 is 0 Å². The minimum Gasteiger partial charge on any atom is -0.478 e. The lowest BCUT2D eigenvalue weighted by molar-refractivity contribution is -0.132. The zero-order valence-corrected chi connectivity index (χ0v) is 23.3. The fourth-order valence-corrected chi connectivity index (χ4v) is 4.72. The van der Waals surface area contributed by atoms with Crippen LogP contribution in [-0.4, -0.2) is 29.7 Å². The number of aromatic carboxylic acids is 1. The van der Waals surface area contributed by atoms with Crippen molar-refractivity contribution < 1.29 is 32.3 Å². The van der Waals surface area contributed by atoms with Crippen molar-refractivity contribution in [3.05, 3.63) is 118 Å². The van der Waals surface area contributed by atoms with Crippen LogP contribution in [0.15, 0.2) is 84.9 Å². The van der Waals surface area contributed by atoms with Crippen LogP contribution < -0.4 is 10.2 Å². The van der Waals surface area contributed by atoms with Gasteiger partial charge in [-0.25, -0.2) is 9.18 Å². The van der Waals surface area contributed by atoms with Gasteiger partial charge in [0.25, 0.3) is 0 Å². The molecular weight excluding hydrogens is 572 g/mol. The molecule has 0 aliphatic rings. The van der Waals surface area contributed by atoms with Gasteiger partial charge in [-0.05, 0) is 71.6 Å². The van der Waals surface area contributed by atoms with Crippen molar-refractivity contribution in [1.29, 1.82) is 0 Å². The highest BCUT2D eigenvalue weighted by atomic mass is 35.5. The lowest BCUT2D eigenvalue weighted by Crippen LogP contribution is -2.29. The van der Waals surface area contributed by atoms with Crippen molar-refractivity contribution >= 4 is 34.9 Å². The Morgan fingerprint density at radius 2 is 1.67 bits per heavy atom. The molecule has 5 nitrogen and oxygen atoms in total. The zero-order valence-electron chi connectivity index (χ0n) is 22.5. The molecule has 0 spiro atoms. The molecule has 0 bridgehead atoms. The van der Waals surface area contributed by atoms with Gasteiger partial charge in [0.2, 0.25) is 5.91 Å². The molecule has 1 amide bonds. The first-order valence-corrected chi connectivity index (χ1v) is 13.3. The highest BCUT2D eigenvalue weighted by Crippen LogP contribution is 2.36. The molecule has 4 aromatic carbocycles. The average Bonchev–Trinajstić information content (AvgIpc) is 2.92. The highest BCUT2D eigenvalue weighted by molar-refractivity contribution is 6.30. The largest absolute Gasteiger partial charge is 0.478 e. The molecule has 218 valence electrons. The van der Waals surface area contributed by atoms with E-state index in [9.17, 15) is 32.3 Å². The summed E-state index contributed by atoms with van der Waals surface area (Å²) in [6.45, 7) is 1.52. The Hall–Kier alpha value is -4.37. The molecule has 4 aromatic rings. The molecule has 0 atom stereocenters. The third-order valence-electron chi connectivity index (χ3n) is 6.55. The lowest BCUT2D eigenvalue weighted by Gasteiger charge is -2.28. The van der Waals surface area contributed by atoms with Crippen LogP contribution in [0.4, 0.5) is 28.9 Å². The number of rotatable bonds is 10. The molecule has 4 rings (SSSR count).